The Kier molecular flexibility index (Phi) is 2.87. The van der Waals surface area contributed by atoms with Crippen LogP contribution in [-0.2, 0) is 0 Å². The van der Waals surface area contributed by atoms with Gasteiger partial charge in [-0.3, -0.25) is 5.41 Å². The summed E-state index contributed by atoms with van der Waals surface area (Å²) in [6, 6.07) is 5.97. The molecular weight excluding hydrogens is 216 g/mol. The summed E-state index contributed by atoms with van der Waals surface area (Å²) in [5.74, 6) is 0. The molecule has 0 fully saturated rings. The molecule has 0 unspecified atom stereocenters. The van der Waals surface area contributed by atoms with Crippen molar-refractivity contribution in [3.63, 3.8) is 0 Å². The molecule has 0 radical (unpaired) electrons. The molecule has 0 amide bonds. The van der Waals surface area contributed by atoms with Crippen LogP contribution in [0.5, 0.6) is 0 Å². The van der Waals surface area contributed by atoms with E-state index in [-0.39, 0.29) is 0 Å². The summed E-state index contributed by atoms with van der Waals surface area (Å²) in [6.45, 7) is 2.01. The van der Waals surface area contributed by atoms with Crippen LogP contribution in [0.25, 0.3) is 0 Å². The van der Waals surface area contributed by atoms with E-state index in [2.05, 4.69) is 21.2 Å². The Hall–Kier alpha value is -0.830. The lowest BCUT2D eigenvalue weighted by molar-refractivity contribution is 1.41. The first-order chi connectivity index (χ1) is 5.65. The molecular formula is C9H11BrN2. The highest BCUT2D eigenvalue weighted by Crippen LogP contribution is 2.19. The Bertz CT molecular complexity index is 307. The van der Waals surface area contributed by atoms with Gasteiger partial charge in [-0.05, 0) is 35.0 Å². The number of aryl methyl sites for hydroxylation is 1. The second-order valence-corrected chi connectivity index (χ2v) is 3.41. The van der Waals surface area contributed by atoms with Crippen LogP contribution in [-0.4, -0.2) is 11.7 Å². The minimum absolute atomic E-state index is 0.413. The SMILES string of the molecule is CNc1ccc(C)cc1C(=N)Br. The standard InChI is InChI=1S/C9H11BrN2/c1-6-3-4-8(12-2)7(5-6)9(10)11/h3-5,11-12H,1-2H3. The summed E-state index contributed by atoms with van der Waals surface area (Å²) in [4.78, 5) is 0. The number of benzene rings is 1. The molecule has 0 aliphatic carbocycles. The number of hydrogen-bond donors (Lipinski definition) is 2. The molecule has 0 saturated heterocycles. The molecule has 1 rings (SSSR count). The summed E-state index contributed by atoms with van der Waals surface area (Å²) in [5.41, 5.74) is 3.04. The fraction of sp³-hybridized carbons (Fsp3) is 0.222. The minimum Gasteiger partial charge on any atom is -0.388 e. The zero-order chi connectivity index (χ0) is 9.14. The van der Waals surface area contributed by atoms with E-state index < -0.39 is 0 Å². The Balaban J connectivity index is 3.21. The van der Waals surface area contributed by atoms with Crippen molar-refractivity contribution < 1.29 is 0 Å². The lowest BCUT2D eigenvalue weighted by Gasteiger charge is -2.07. The van der Waals surface area contributed by atoms with Crippen molar-refractivity contribution in [2.45, 2.75) is 6.92 Å². The van der Waals surface area contributed by atoms with Gasteiger partial charge in [0.05, 0.1) is 0 Å². The normalized spacial score (nSPS) is 9.58. The predicted octanol–water partition coefficient (Wildman–Crippen LogP) is 2.76. The number of anilines is 1. The Morgan fingerprint density at radius 1 is 1.50 bits per heavy atom. The second kappa shape index (κ2) is 3.72. The van der Waals surface area contributed by atoms with Gasteiger partial charge in [0.1, 0.15) is 4.62 Å². The van der Waals surface area contributed by atoms with E-state index >= 15 is 0 Å². The van der Waals surface area contributed by atoms with Gasteiger partial charge < -0.3 is 5.32 Å². The summed E-state index contributed by atoms with van der Waals surface area (Å²) in [5, 5.41) is 10.5. The highest BCUT2D eigenvalue weighted by molar-refractivity contribution is 9.18. The first kappa shape index (κ1) is 9.26. The van der Waals surface area contributed by atoms with E-state index in [4.69, 9.17) is 5.41 Å². The number of halogens is 1. The molecule has 0 spiro atoms. The molecule has 0 heterocycles. The van der Waals surface area contributed by atoms with E-state index in [0.717, 1.165) is 16.8 Å². The lowest BCUT2D eigenvalue weighted by Crippen LogP contribution is -1.98. The molecule has 0 atom stereocenters. The third-order valence-electron chi connectivity index (χ3n) is 1.68. The molecule has 0 saturated carbocycles. The van der Waals surface area contributed by atoms with Crippen LogP contribution in [0.3, 0.4) is 0 Å². The summed E-state index contributed by atoms with van der Waals surface area (Å²) in [6.07, 6.45) is 0. The molecule has 12 heavy (non-hydrogen) atoms. The maximum absolute atomic E-state index is 7.45. The maximum Gasteiger partial charge on any atom is 0.106 e. The first-order valence-electron chi connectivity index (χ1n) is 3.68. The van der Waals surface area contributed by atoms with Crippen LogP contribution in [0.15, 0.2) is 18.2 Å². The molecule has 64 valence electrons. The van der Waals surface area contributed by atoms with Crippen LogP contribution in [0.2, 0.25) is 0 Å². The molecule has 1 aromatic carbocycles. The van der Waals surface area contributed by atoms with Crippen LogP contribution in [0.1, 0.15) is 11.1 Å². The summed E-state index contributed by atoms with van der Waals surface area (Å²) in [7, 11) is 1.85. The van der Waals surface area contributed by atoms with E-state index in [0.29, 0.717) is 4.62 Å². The van der Waals surface area contributed by atoms with Crippen molar-refractivity contribution in [3.8, 4) is 0 Å². The zero-order valence-electron chi connectivity index (χ0n) is 7.11. The van der Waals surface area contributed by atoms with E-state index in [1.807, 2.05) is 32.2 Å². The highest BCUT2D eigenvalue weighted by Gasteiger charge is 2.03. The zero-order valence-corrected chi connectivity index (χ0v) is 8.70. The van der Waals surface area contributed by atoms with Crippen LogP contribution in [0.4, 0.5) is 5.69 Å². The molecule has 2 N–H and O–H groups in total. The van der Waals surface area contributed by atoms with Crippen molar-refractivity contribution in [3.05, 3.63) is 29.3 Å². The monoisotopic (exact) mass is 226 g/mol. The third kappa shape index (κ3) is 1.85. The van der Waals surface area contributed by atoms with Crippen molar-refractivity contribution in [1.29, 1.82) is 5.41 Å². The predicted molar refractivity (Wildman–Crippen MR) is 56.5 cm³/mol. The number of hydrogen-bond acceptors (Lipinski definition) is 2. The van der Waals surface area contributed by atoms with Gasteiger partial charge in [0.25, 0.3) is 0 Å². The van der Waals surface area contributed by atoms with Gasteiger partial charge in [0, 0.05) is 18.3 Å². The molecule has 2 nitrogen and oxygen atoms in total. The van der Waals surface area contributed by atoms with Crippen molar-refractivity contribution in [2.75, 3.05) is 12.4 Å². The number of nitrogens with one attached hydrogen (secondary N) is 2. The second-order valence-electron chi connectivity index (χ2n) is 2.61. The van der Waals surface area contributed by atoms with Gasteiger partial charge >= 0.3 is 0 Å². The van der Waals surface area contributed by atoms with Gasteiger partial charge in [-0.1, -0.05) is 11.6 Å². The van der Waals surface area contributed by atoms with Crippen LogP contribution in [0, 0.1) is 12.3 Å². The number of rotatable bonds is 2. The smallest absolute Gasteiger partial charge is 0.106 e. The molecule has 0 aliphatic rings. The fourth-order valence-corrected chi connectivity index (χ4v) is 1.39. The van der Waals surface area contributed by atoms with Crippen molar-refractivity contribution in [2.24, 2.45) is 0 Å². The topological polar surface area (TPSA) is 35.9 Å². The van der Waals surface area contributed by atoms with E-state index in [1.165, 1.54) is 0 Å². The summed E-state index contributed by atoms with van der Waals surface area (Å²) >= 11 is 3.15. The van der Waals surface area contributed by atoms with Crippen LogP contribution < -0.4 is 5.32 Å². The van der Waals surface area contributed by atoms with Crippen molar-refractivity contribution in [1.82, 2.24) is 0 Å². The molecule has 1 aromatic rings. The summed E-state index contributed by atoms with van der Waals surface area (Å²) < 4.78 is 0.413. The van der Waals surface area contributed by atoms with Gasteiger partial charge in [-0.25, -0.2) is 0 Å². The Morgan fingerprint density at radius 2 is 2.17 bits per heavy atom. The van der Waals surface area contributed by atoms with Crippen molar-refractivity contribution >= 4 is 26.2 Å². The Morgan fingerprint density at radius 3 is 2.67 bits per heavy atom. The minimum atomic E-state index is 0.413. The largest absolute Gasteiger partial charge is 0.388 e. The fourth-order valence-electron chi connectivity index (χ4n) is 1.06. The van der Waals surface area contributed by atoms with Gasteiger partial charge in [-0.2, -0.15) is 0 Å². The average Bonchev–Trinajstić information content (AvgIpc) is 2.04. The van der Waals surface area contributed by atoms with Crippen LogP contribution >= 0.6 is 15.9 Å². The maximum atomic E-state index is 7.45. The lowest BCUT2D eigenvalue weighted by atomic mass is 10.1. The van der Waals surface area contributed by atoms with Gasteiger partial charge in [0.2, 0.25) is 0 Å². The average molecular weight is 227 g/mol. The Labute approximate surface area is 80.6 Å². The van der Waals surface area contributed by atoms with E-state index in [1.54, 1.807) is 0 Å². The molecule has 0 bridgehead atoms. The van der Waals surface area contributed by atoms with Gasteiger partial charge in [-0.15, -0.1) is 0 Å². The van der Waals surface area contributed by atoms with Gasteiger partial charge in [0.15, 0.2) is 0 Å². The molecule has 0 aromatic heterocycles. The highest BCUT2D eigenvalue weighted by atomic mass is 79.9. The first-order valence-corrected chi connectivity index (χ1v) is 4.47. The van der Waals surface area contributed by atoms with E-state index in [9.17, 15) is 0 Å². The quantitative estimate of drug-likeness (QED) is 0.748. The molecule has 3 heteroatoms. The molecule has 0 aliphatic heterocycles. The third-order valence-corrected chi connectivity index (χ3v) is 2.11.